The van der Waals surface area contributed by atoms with Gasteiger partial charge in [-0.1, -0.05) is 30.3 Å². The molecule has 2 saturated carbocycles. The second-order valence-electron chi connectivity index (χ2n) is 7.99. The number of rotatable bonds is 5. The quantitative estimate of drug-likeness (QED) is 0.865. The molecule has 0 aromatic heterocycles. The minimum absolute atomic E-state index is 0.0153. The average Bonchev–Trinajstić information content (AvgIpc) is 3.00. The molecule has 0 bridgehead atoms. The molecule has 5 unspecified atom stereocenters. The molecule has 24 heavy (non-hydrogen) atoms. The molecular formula is C20H28N2O2. The summed E-state index contributed by atoms with van der Waals surface area (Å²) in [6.07, 6.45) is 2.90. The summed E-state index contributed by atoms with van der Waals surface area (Å²) in [5.74, 6) is 1.51. The van der Waals surface area contributed by atoms with E-state index in [-0.39, 0.29) is 11.7 Å². The summed E-state index contributed by atoms with van der Waals surface area (Å²) in [6, 6.07) is 10.7. The van der Waals surface area contributed by atoms with Crippen molar-refractivity contribution in [3.8, 4) is 0 Å². The van der Waals surface area contributed by atoms with Gasteiger partial charge in [0.2, 0.25) is 0 Å². The van der Waals surface area contributed by atoms with Gasteiger partial charge in [-0.3, -0.25) is 9.69 Å². The summed E-state index contributed by atoms with van der Waals surface area (Å²) in [4.78, 5) is 14.9. The first-order valence-corrected chi connectivity index (χ1v) is 9.25. The van der Waals surface area contributed by atoms with Crippen LogP contribution in [0.15, 0.2) is 30.3 Å². The molecule has 4 heteroatoms. The zero-order valence-corrected chi connectivity index (χ0v) is 14.6. The number of carbonyl (C=O) groups is 1. The van der Waals surface area contributed by atoms with Crippen molar-refractivity contribution in [1.82, 2.24) is 10.2 Å². The molecule has 0 radical (unpaired) electrons. The minimum atomic E-state index is -1.34. The number of hydrogen-bond acceptors (Lipinski definition) is 4. The fourth-order valence-corrected chi connectivity index (χ4v) is 5.36. The summed E-state index contributed by atoms with van der Waals surface area (Å²) in [5.41, 5.74) is -0.587. The molecule has 4 nitrogen and oxygen atoms in total. The van der Waals surface area contributed by atoms with Crippen LogP contribution in [-0.4, -0.2) is 48.0 Å². The number of nitrogens with zero attached hydrogens (tertiary/aromatic N) is 1. The van der Waals surface area contributed by atoms with Gasteiger partial charge in [0.05, 0.1) is 0 Å². The van der Waals surface area contributed by atoms with E-state index < -0.39 is 5.60 Å². The van der Waals surface area contributed by atoms with E-state index in [1.807, 2.05) is 30.3 Å². The van der Waals surface area contributed by atoms with Crippen LogP contribution >= 0.6 is 0 Å². The molecular weight excluding hydrogens is 300 g/mol. The summed E-state index contributed by atoms with van der Waals surface area (Å²) < 4.78 is 0. The summed E-state index contributed by atoms with van der Waals surface area (Å²) in [5, 5.41) is 14.8. The van der Waals surface area contributed by atoms with Crippen LogP contribution in [0.5, 0.6) is 0 Å². The van der Waals surface area contributed by atoms with Crippen LogP contribution in [0.3, 0.4) is 0 Å². The van der Waals surface area contributed by atoms with E-state index in [2.05, 4.69) is 17.3 Å². The Kier molecular flexibility index (Phi) is 4.02. The zero-order chi connectivity index (χ0) is 16.9. The maximum atomic E-state index is 12.4. The van der Waals surface area contributed by atoms with Crippen molar-refractivity contribution in [3.63, 3.8) is 0 Å². The predicted octanol–water partition coefficient (Wildman–Crippen LogP) is 1.78. The lowest BCUT2D eigenvalue weighted by molar-refractivity contribution is -0.142. The number of aliphatic hydroxyl groups is 1. The second-order valence-corrected chi connectivity index (χ2v) is 7.99. The average molecular weight is 328 g/mol. The Labute approximate surface area is 144 Å². The number of benzene rings is 1. The Bertz CT molecular complexity index is 609. The van der Waals surface area contributed by atoms with E-state index in [0.29, 0.717) is 12.1 Å². The Morgan fingerprint density at radius 1 is 1.21 bits per heavy atom. The fraction of sp³-hybridized carbons (Fsp3) is 0.650. The topological polar surface area (TPSA) is 52.6 Å². The lowest BCUT2D eigenvalue weighted by atomic mass is 9.77. The van der Waals surface area contributed by atoms with E-state index in [1.54, 1.807) is 0 Å². The molecule has 1 aromatic rings. The van der Waals surface area contributed by atoms with Gasteiger partial charge < -0.3 is 10.4 Å². The molecule has 3 fully saturated rings. The van der Waals surface area contributed by atoms with Gasteiger partial charge in [0, 0.05) is 18.0 Å². The highest BCUT2D eigenvalue weighted by molar-refractivity contribution is 5.86. The molecule has 4 rings (SSSR count). The van der Waals surface area contributed by atoms with Crippen LogP contribution in [0, 0.1) is 17.8 Å². The van der Waals surface area contributed by atoms with Gasteiger partial charge >= 0.3 is 0 Å². The van der Waals surface area contributed by atoms with Crippen molar-refractivity contribution in [2.75, 3.05) is 20.1 Å². The lowest BCUT2D eigenvalue weighted by Crippen LogP contribution is -2.42. The first kappa shape index (κ1) is 16.2. The van der Waals surface area contributed by atoms with Crippen molar-refractivity contribution in [2.45, 2.75) is 43.9 Å². The number of carbonyl (C=O) groups excluding carboxylic acids is 1. The third kappa shape index (κ3) is 2.43. The summed E-state index contributed by atoms with van der Waals surface area (Å²) >= 11 is 0. The van der Waals surface area contributed by atoms with Crippen LogP contribution in [0.25, 0.3) is 0 Å². The predicted molar refractivity (Wildman–Crippen MR) is 93.5 cm³/mol. The first-order valence-electron chi connectivity index (χ1n) is 9.25. The lowest BCUT2D eigenvalue weighted by Gasteiger charge is -2.33. The summed E-state index contributed by atoms with van der Waals surface area (Å²) in [6.45, 7) is 3.83. The van der Waals surface area contributed by atoms with Gasteiger partial charge in [-0.15, -0.1) is 0 Å². The van der Waals surface area contributed by atoms with Gasteiger partial charge in [-0.2, -0.15) is 0 Å². The molecule has 0 spiro atoms. The van der Waals surface area contributed by atoms with Gasteiger partial charge in [0.1, 0.15) is 0 Å². The van der Waals surface area contributed by atoms with Crippen LogP contribution in [0.2, 0.25) is 0 Å². The molecule has 2 N–H and O–H groups in total. The Balaban J connectivity index is 1.49. The van der Waals surface area contributed by atoms with Crippen LogP contribution in [-0.2, 0) is 10.4 Å². The SMILES string of the molecule is CC(=O)C(O)(c1ccccc1)C1CCC(N(C)C2C3CNCC32)C1. The van der Waals surface area contributed by atoms with Gasteiger partial charge in [0.25, 0.3) is 0 Å². The van der Waals surface area contributed by atoms with E-state index in [4.69, 9.17) is 0 Å². The standard InChI is InChI=1S/C20H28N2O2/c1-13(23)20(24,14-6-4-3-5-7-14)15-8-9-16(10-15)22(2)19-17-11-21-12-18(17)19/h3-7,15-19,21,24H,8-12H2,1-2H3. The molecule has 0 amide bonds. The maximum Gasteiger partial charge on any atom is 0.166 e. The van der Waals surface area contributed by atoms with Crippen molar-refractivity contribution >= 4 is 5.78 Å². The number of ketones is 1. The number of hydrogen-bond donors (Lipinski definition) is 2. The Morgan fingerprint density at radius 3 is 2.50 bits per heavy atom. The van der Waals surface area contributed by atoms with Crippen LogP contribution in [0.4, 0.5) is 0 Å². The Hall–Kier alpha value is -1.23. The van der Waals surface area contributed by atoms with E-state index in [9.17, 15) is 9.90 Å². The number of Topliss-reactive ketones (excluding diaryl/α,β-unsaturated/α-hetero) is 1. The number of piperidine rings is 1. The van der Waals surface area contributed by atoms with Crippen molar-refractivity contribution in [2.24, 2.45) is 17.8 Å². The van der Waals surface area contributed by atoms with Crippen LogP contribution < -0.4 is 5.32 Å². The van der Waals surface area contributed by atoms with Crippen molar-refractivity contribution < 1.29 is 9.90 Å². The largest absolute Gasteiger partial charge is 0.377 e. The maximum absolute atomic E-state index is 12.4. The van der Waals surface area contributed by atoms with Crippen molar-refractivity contribution in [3.05, 3.63) is 35.9 Å². The highest BCUT2D eigenvalue weighted by atomic mass is 16.3. The number of nitrogens with one attached hydrogen (secondary N) is 1. The molecule has 2 aliphatic carbocycles. The van der Waals surface area contributed by atoms with Crippen LogP contribution in [0.1, 0.15) is 31.7 Å². The normalized spacial score (nSPS) is 37.2. The second kappa shape index (κ2) is 5.94. The Morgan fingerprint density at radius 2 is 1.88 bits per heavy atom. The molecule has 3 aliphatic rings. The van der Waals surface area contributed by atoms with E-state index >= 15 is 0 Å². The third-order valence-electron chi connectivity index (χ3n) is 6.84. The molecule has 130 valence electrons. The molecule has 1 aromatic carbocycles. The fourth-order valence-electron chi connectivity index (χ4n) is 5.36. The minimum Gasteiger partial charge on any atom is -0.377 e. The zero-order valence-electron chi connectivity index (χ0n) is 14.6. The number of fused-ring (bicyclic) bond motifs is 1. The third-order valence-corrected chi connectivity index (χ3v) is 6.84. The molecule has 1 aliphatic heterocycles. The smallest absolute Gasteiger partial charge is 0.166 e. The first-order chi connectivity index (χ1) is 11.5. The van der Waals surface area contributed by atoms with E-state index in [0.717, 1.165) is 49.8 Å². The highest BCUT2D eigenvalue weighted by Gasteiger charge is 2.57. The highest BCUT2D eigenvalue weighted by Crippen LogP contribution is 2.49. The molecule has 1 saturated heterocycles. The van der Waals surface area contributed by atoms with Gasteiger partial charge in [-0.05, 0) is 63.7 Å². The van der Waals surface area contributed by atoms with Crippen molar-refractivity contribution in [1.29, 1.82) is 0 Å². The molecule has 1 heterocycles. The molecule has 5 atom stereocenters. The monoisotopic (exact) mass is 328 g/mol. The van der Waals surface area contributed by atoms with Gasteiger partial charge in [-0.25, -0.2) is 0 Å². The summed E-state index contributed by atoms with van der Waals surface area (Å²) in [7, 11) is 2.24. The van der Waals surface area contributed by atoms with E-state index in [1.165, 1.54) is 6.92 Å². The van der Waals surface area contributed by atoms with Gasteiger partial charge in [0.15, 0.2) is 11.4 Å².